The Morgan fingerprint density at radius 3 is 2.11 bits per heavy atom. The molecule has 1 aromatic heterocycles. The minimum Gasteiger partial charge on any atom is -0.477 e. The maximum absolute atomic E-state index is 13.2. The first-order valence-electron chi connectivity index (χ1n) is 11.0. The van der Waals surface area contributed by atoms with Crippen molar-refractivity contribution in [2.24, 2.45) is 23.2 Å². The van der Waals surface area contributed by atoms with Gasteiger partial charge in [-0.3, -0.25) is 4.79 Å². The molecule has 5 saturated carbocycles. The van der Waals surface area contributed by atoms with E-state index in [4.69, 9.17) is 9.47 Å². The molecule has 5 aliphatic carbocycles. The topological polar surface area (TPSA) is 73.3 Å². The zero-order chi connectivity index (χ0) is 19.1. The van der Waals surface area contributed by atoms with Crippen molar-refractivity contribution in [3.05, 3.63) is 12.4 Å². The van der Waals surface area contributed by atoms with E-state index in [2.05, 4.69) is 15.3 Å². The van der Waals surface area contributed by atoms with Crippen molar-refractivity contribution in [3.8, 4) is 11.8 Å². The lowest BCUT2D eigenvalue weighted by Crippen LogP contribution is -2.55. The normalized spacial score (nSPS) is 38.8. The summed E-state index contributed by atoms with van der Waals surface area (Å²) in [6.45, 7) is 0. The van der Waals surface area contributed by atoms with E-state index >= 15 is 0 Å². The molecule has 152 valence electrons. The van der Waals surface area contributed by atoms with Crippen LogP contribution in [-0.4, -0.2) is 35.1 Å². The highest BCUT2D eigenvalue weighted by Crippen LogP contribution is 2.60. The highest BCUT2D eigenvalue weighted by atomic mass is 16.5. The Balaban J connectivity index is 1.15. The average Bonchev–Trinajstić information content (AvgIpc) is 2.69. The fourth-order valence-corrected chi connectivity index (χ4v) is 6.74. The molecule has 1 aromatic rings. The molecule has 4 bridgehead atoms. The Hall–Kier alpha value is -1.85. The molecule has 0 aromatic carbocycles. The van der Waals surface area contributed by atoms with Crippen LogP contribution in [0.1, 0.15) is 64.2 Å². The lowest BCUT2D eigenvalue weighted by molar-refractivity contribution is -0.147. The molecule has 0 saturated heterocycles. The summed E-state index contributed by atoms with van der Waals surface area (Å²) >= 11 is 0. The first-order chi connectivity index (χ1) is 13.6. The Bertz CT molecular complexity index is 694. The number of methoxy groups -OCH3 is 1. The van der Waals surface area contributed by atoms with Crippen LogP contribution in [0, 0.1) is 23.2 Å². The molecule has 28 heavy (non-hydrogen) atoms. The van der Waals surface area contributed by atoms with Crippen molar-refractivity contribution in [1.29, 1.82) is 0 Å². The van der Waals surface area contributed by atoms with Gasteiger partial charge in [0.05, 0.1) is 7.11 Å². The number of ether oxygens (including phenoxy) is 2. The number of carbonyl (C=O) groups excluding carboxylic acids is 1. The van der Waals surface area contributed by atoms with Gasteiger partial charge < -0.3 is 14.8 Å². The van der Waals surface area contributed by atoms with Crippen LogP contribution in [0.15, 0.2) is 12.4 Å². The number of hydrogen-bond acceptors (Lipinski definition) is 5. The monoisotopic (exact) mass is 385 g/mol. The minimum atomic E-state index is -0.0465. The number of hydrogen-bond donors (Lipinski definition) is 1. The number of aromatic nitrogens is 2. The zero-order valence-electron chi connectivity index (χ0n) is 16.7. The quantitative estimate of drug-likeness (QED) is 0.840. The Kier molecular flexibility index (Phi) is 4.68. The molecule has 1 amide bonds. The van der Waals surface area contributed by atoms with Gasteiger partial charge in [0.15, 0.2) is 0 Å². The first kappa shape index (κ1) is 18.2. The maximum Gasteiger partial charge on any atom is 0.278 e. The van der Waals surface area contributed by atoms with E-state index in [-0.39, 0.29) is 17.6 Å². The summed E-state index contributed by atoms with van der Waals surface area (Å²) in [5.74, 6) is 3.67. The molecule has 0 spiro atoms. The standard InChI is InChI=1S/C22H31N3O3/c1-27-19-20(24-7-6-23-19)28-18-4-2-17(3-5-18)25-21(26)22-11-14-8-15(12-22)10-16(9-14)13-22/h6-7,14-18H,2-5,8-13H2,1H3,(H,25,26). The van der Waals surface area contributed by atoms with Gasteiger partial charge in [-0.2, -0.15) is 0 Å². The smallest absolute Gasteiger partial charge is 0.278 e. The second-order valence-electron chi connectivity index (χ2n) is 9.63. The second-order valence-corrected chi connectivity index (χ2v) is 9.63. The number of nitrogens with one attached hydrogen (secondary N) is 1. The fraction of sp³-hybridized carbons (Fsp3) is 0.773. The van der Waals surface area contributed by atoms with E-state index in [9.17, 15) is 4.79 Å². The largest absolute Gasteiger partial charge is 0.477 e. The summed E-state index contributed by atoms with van der Waals surface area (Å²) in [4.78, 5) is 21.6. The predicted octanol–water partition coefficient (Wildman–Crippen LogP) is 3.51. The van der Waals surface area contributed by atoms with Crippen molar-refractivity contribution >= 4 is 5.91 Å². The van der Waals surface area contributed by atoms with Crippen LogP contribution in [-0.2, 0) is 4.79 Å². The van der Waals surface area contributed by atoms with Crippen molar-refractivity contribution in [1.82, 2.24) is 15.3 Å². The van der Waals surface area contributed by atoms with Crippen LogP contribution in [0.25, 0.3) is 0 Å². The van der Waals surface area contributed by atoms with E-state index < -0.39 is 0 Å². The molecular weight excluding hydrogens is 354 g/mol. The second kappa shape index (κ2) is 7.20. The van der Waals surface area contributed by atoms with Gasteiger partial charge in [0.25, 0.3) is 11.8 Å². The van der Waals surface area contributed by atoms with Gasteiger partial charge in [-0.1, -0.05) is 0 Å². The van der Waals surface area contributed by atoms with E-state index in [1.807, 2.05) is 0 Å². The predicted molar refractivity (Wildman–Crippen MR) is 104 cm³/mol. The molecule has 6 heteroatoms. The number of nitrogens with zero attached hydrogens (tertiary/aromatic N) is 2. The van der Waals surface area contributed by atoms with E-state index in [0.717, 1.165) is 62.7 Å². The molecule has 0 radical (unpaired) electrons. The molecule has 0 unspecified atom stereocenters. The van der Waals surface area contributed by atoms with Gasteiger partial charge in [-0.25, -0.2) is 9.97 Å². The van der Waals surface area contributed by atoms with Gasteiger partial charge in [-0.05, 0) is 82.0 Å². The third-order valence-corrected chi connectivity index (χ3v) is 7.63. The molecule has 1 heterocycles. The molecular formula is C22H31N3O3. The number of carbonyl (C=O) groups is 1. The third-order valence-electron chi connectivity index (χ3n) is 7.63. The van der Waals surface area contributed by atoms with Crippen molar-refractivity contribution in [2.45, 2.75) is 76.4 Å². The summed E-state index contributed by atoms with van der Waals surface area (Å²) in [5, 5.41) is 3.44. The molecule has 5 aliphatic rings. The van der Waals surface area contributed by atoms with Crippen LogP contribution >= 0.6 is 0 Å². The maximum atomic E-state index is 13.2. The van der Waals surface area contributed by atoms with Gasteiger partial charge in [-0.15, -0.1) is 0 Å². The Labute approximate surface area is 166 Å². The average molecular weight is 386 g/mol. The fourth-order valence-electron chi connectivity index (χ4n) is 6.74. The summed E-state index contributed by atoms with van der Waals surface area (Å²) in [6.07, 6.45) is 14.6. The van der Waals surface area contributed by atoms with Crippen LogP contribution in [0.3, 0.4) is 0 Å². The van der Waals surface area contributed by atoms with E-state index in [1.165, 1.54) is 19.3 Å². The summed E-state index contributed by atoms with van der Waals surface area (Å²) in [6, 6.07) is 0.282. The molecule has 6 rings (SSSR count). The SMILES string of the molecule is COc1nccnc1OC1CCC(NC(=O)C23CC4CC(CC(C4)C2)C3)CC1. The van der Waals surface area contributed by atoms with Crippen LogP contribution in [0.2, 0.25) is 0 Å². The van der Waals surface area contributed by atoms with Crippen molar-refractivity contribution in [2.75, 3.05) is 7.11 Å². The van der Waals surface area contributed by atoms with Gasteiger partial charge in [0.1, 0.15) is 6.10 Å². The van der Waals surface area contributed by atoms with Gasteiger partial charge in [0.2, 0.25) is 5.91 Å². The first-order valence-corrected chi connectivity index (χ1v) is 11.0. The highest BCUT2D eigenvalue weighted by molar-refractivity contribution is 5.83. The molecule has 1 N–H and O–H groups in total. The summed E-state index contributed by atoms with van der Waals surface area (Å²) in [5.41, 5.74) is -0.0465. The Morgan fingerprint density at radius 1 is 0.964 bits per heavy atom. The van der Waals surface area contributed by atoms with Crippen molar-refractivity contribution < 1.29 is 14.3 Å². The summed E-state index contributed by atoms with van der Waals surface area (Å²) < 4.78 is 11.2. The number of amides is 1. The van der Waals surface area contributed by atoms with E-state index in [0.29, 0.717) is 17.7 Å². The molecule has 0 atom stereocenters. The minimum absolute atomic E-state index is 0.0465. The van der Waals surface area contributed by atoms with Crippen molar-refractivity contribution in [3.63, 3.8) is 0 Å². The summed E-state index contributed by atoms with van der Waals surface area (Å²) in [7, 11) is 1.58. The molecule has 0 aliphatic heterocycles. The Morgan fingerprint density at radius 2 is 1.54 bits per heavy atom. The van der Waals surface area contributed by atoms with Crippen LogP contribution < -0.4 is 14.8 Å². The lowest BCUT2D eigenvalue weighted by atomic mass is 9.49. The van der Waals surface area contributed by atoms with Gasteiger partial charge >= 0.3 is 0 Å². The highest BCUT2D eigenvalue weighted by Gasteiger charge is 2.54. The van der Waals surface area contributed by atoms with Gasteiger partial charge in [0, 0.05) is 23.9 Å². The molecule has 6 nitrogen and oxygen atoms in total. The zero-order valence-corrected chi connectivity index (χ0v) is 16.7. The van der Waals surface area contributed by atoms with E-state index in [1.54, 1.807) is 19.5 Å². The third kappa shape index (κ3) is 3.35. The van der Waals surface area contributed by atoms with Crippen LogP contribution in [0.4, 0.5) is 0 Å². The number of rotatable bonds is 5. The van der Waals surface area contributed by atoms with Crippen LogP contribution in [0.5, 0.6) is 11.8 Å². The molecule has 5 fully saturated rings. The lowest BCUT2D eigenvalue weighted by Gasteiger charge is -2.56.